The molecule has 0 radical (unpaired) electrons. The van der Waals surface area contributed by atoms with Crippen molar-refractivity contribution in [2.24, 2.45) is 0 Å². The van der Waals surface area contributed by atoms with Crippen molar-refractivity contribution < 1.29 is 8.42 Å². The molecule has 1 aromatic rings. The summed E-state index contributed by atoms with van der Waals surface area (Å²) in [5.41, 5.74) is 6.08. The quantitative estimate of drug-likeness (QED) is 0.875. The Morgan fingerprint density at radius 2 is 2.11 bits per heavy atom. The molecule has 1 aliphatic rings. The van der Waals surface area contributed by atoms with Crippen molar-refractivity contribution in [3.8, 4) is 0 Å². The number of hydrogen-bond donors (Lipinski definition) is 2. The first-order valence-electron chi connectivity index (χ1n) is 6.36. The van der Waals surface area contributed by atoms with Crippen LogP contribution in [0.25, 0.3) is 0 Å². The Kier molecular flexibility index (Phi) is 4.81. The van der Waals surface area contributed by atoms with Crippen LogP contribution in [0.1, 0.15) is 32.1 Å². The summed E-state index contributed by atoms with van der Waals surface area (Å²) in [5, 5.41) is 1.65. The highest BCUT2D eigenvalue weighted by molar-refractivity contribution is 8.00. The van der Waals surface area contributed by atoms with Gasteiger partial charge in [0.05, 0.1) is 0 Å². The molecule has 0 aliphatic heterocycles. The molecule has 1 aliphatic carbocycles. The fraction of sp³-hybridized carbons (Fsp3) is 0.667. The summed E-state index contributed by atoms with van der Waals surface area (Å²) in [6, 6.07) is 1.51. The minimum absolute atomic E-state index is 0.0636. The van der Waals surface area contributed by atoms with Crippen LogP contribution < -0.4 is 10.5 Å². The van der Waals surface area contributed by atoms with Crippen molar-refractivity contribution in [2.45, 2.75) is 41.1 Å². The normalized spacial score (nSPS) is 19.4. The lowest BCUT2D eigenvalue weighted by Crippen LogP contribution is -2.41. The van der Waals surface area contributed by atoms with E-state index in [0.29, 0.717) is 16.4 Å². The first-order valence-corrected chi connectivity index (χ1v) is 9.95. The van der Waals surface area contributed by atoms with Gasteiger partial charge in [0.2, 0.25) is 10.0 Å². The highest BCUT2D eigenvalue weighted by Gasteiger charge is 2.32. The van der Waals surface area contributed by atoms with Crippen molar-refractivity contribution in [1.29, 1.82) is 0 Å². The van der Waals surface area contributed by atoms with Gasteiger partial charge in [0.25, 0.3) is 0 Å². The van der Waals surface area contributed by atoms with Gasteiger partial charge in [-0.2, -0.15) is 11.8 Å². The second-order valence-electron chi connectivity index (χ2n) is 4.97. The highest BCUT2D eigenvalue weighted by atomic mass is 32.2. The highest BCUT2D eigenvalue weighted by Crippen LogP contribution is 2.38. The van der Waals surface area contributed by atoms with Crippen LogP contribution in [0.3, 0.4) is 0 Å². The lowest BCUT2D eigenvalue weighted by Gasteiger charge is -2.35. The Morgan fingerprint density at radius 3 is 2.63 bits per heavy atom. The molecule has 0 unspecified atom stereocenters. The lowest BCUT2D eigenvalue weighted by molar-refractivity contribution is 0.395. The van der Waals surface area contributed by atoms with Crippen LogP contribution in [-0.2, 0) is 10.0 Å². The third kappa shape index (κ3) is 3.65. The third-order valence-electron chi connectivity index (χ3n) is 3.64. The van der Waals surface area contributed by atoms with Crippen LogP contribution in [0.4, 0.5) is 5.69 Å². The molecule has 0 bridgehead atoms. The molecule has 0 saturated heterocycles. The van der Waals surface area contributed by atoms with Crippen LogP contribution in [0, 0.1) is 0 Å². The summed E-state index contributed by atoms with van der Waals surface area (Å²) < 4.78 is 27.5. The molecule has 0 spiro atoms. The van der Waals surface area contributed by atoms with Gasteiger partial charge in [0, 0.05) is 22.4 Å². The van der Waals surface area contributed by atoms with E-state index in [1.807, 2.05) is 0 Å². The standard InChI is InChI=1S/C12H20N2O2S3/c1-17-12(5-3-2-4-6-12)9-14-19(15,16)11-7-10(13)8-18-11/h7-8,14H,2-6,9,13H2,1H3. The molecule has 1 fully saturated rings. The summed E-state index contributed by atoms with van der Waals surface area (Å²) >= 11 is 2.95. The maximum absolute atomic E-state index is 12.2. The number of rotatable bonds is 5. The average molecular weight is 321 g/mol. The van der Waals surface area contributed by atoms with E-state index in [1.165, 1.54) is 36.7 Å². The number of thioether (sulfide) groups is 1. The Balaban J connectivity index is 2.04. The smallest absolute Gasteiger partial charge is 0.250 e. The van der Waals surface area contributed by atoms with Gasteiger partial charge in [0.15, 0.2) is 0 Å². The zero-order valence-electron chi connectivity index (χ0n) is 11.0. The molecule has 0 amide bonds. The number of hydrogen-bond acceptors (Lipinski definition) is 5. The van der Waals surface area contributed by atoms with Gasteiger partial charge < -0.3 is 5.73 Å². The van der Waals surface area contributed by atoms with Crippen molar-refractivity contribution in [3.05, 3.63) is 11.4 Å². The molecule has 4 nitrogen and oxygen atoms in total. The molecule has 108 valence electrons. The van der Waals surface area contributed by atoms with Crippen LogP contribution in [0.15, 0.2) is 15.7 Å². The van der Waals surface area contributed by atoms with Gasteiger partial charge in [-0.25, -0.2) is 13.1 Å². The molecule has 1 aromatic heterocycles. The second-order valence-corrected chi connectivity index (χ2v) is 9.15. The molecular formula is C12H20N2O2S3. The molecule has 7 heteroatoms. The van der Waals surface area contributed by atoms with E-state index < -0.39 is 10.0 Å². The first-order chi connectivity index (χ1) is 8.97. The van der Waals surface area contributed by atoms with Gasteiger partial charge >= 0.3 is 0 Å². The molecule has 3 N–H and O–H groups in total. The Bertz CT molecular complexity index is 519. The monoisotopic (exact) mass is 320 g/mol. The maximum Gasteiger partial charge on any atom is 0.250 e. The number of nitrogen functional groups attached to an aromatic ring is 1. The molecule has 19 heavy (non-hydrogen) atoms. The summed E-state index contributed by atoms with van der Waals surface area (Å²) in [5.74, 6) is 0. The van der Waals surface area contributed by atoms with E-state index in [0.717, 1.165) is 12.8 Å². The maximum atomic E-state index is 12.2. The fourth-order valence-electron chi connectivity index (χ4n) is 2.42. The minimum atomic E-state index is -3.41. The van der Waals surface area contributed by atoms with Crippen LogP contribution in [0.2, 0.25) is 0 Å². The second kappa shape index (κ2) is 6.03. The van der Waals surface area contributed by atoms with E-state index >= 15 is 0 Å². The Hall–Kier alpha value is -0.240. The average Bonchev–Trinajstić information content (AvgIpc) is 2.85. The zero-order chi connectivity index (χ0) is 13.9. The van der Waals surface area contributed by atoms with Crippen molar-refractivity contribution in [1.82, 2.24) is 4.72 Å². The largest absolute Gasteiger partial charge is 0.398 e. The first kappa shape index (κ1) is 15.2. The van der Waals surface area contributed by atoms with E-state index in [4.69, 9.17) is 5.73 Å². The number of nitrogens with two attached hydrogens (primary N) is 1. The van der Waals surface area contributed by atoms with Gasteiger partial charge in [-0.15, -0.1) is 11.3 Å². The van der Waals surface area contributed by atoms with Gasteiger partial charge in [-0.3, -0.25) is 0 Å². The SMILES string of the molecule is CSC1(CNS(=O)(=O)c2cc(N)cs2)CCCCC1. The van der Waals surface area contributed by atoms with Crippen LogP contribution in [-0.4, -0.2) is 26.0 Å². The molecule has 2 rings (SSSR count). The summed E-state index contributed by atoms with van der Waals surface area (Å²) in [4.78, 5) is 0. The van der Waals surface area contributed by atoms with E-state index in [-0.39, 0.29) is 4.75 Å². The van der Waals surface area contributed by atoms with E-state index in [9.17, 15) is 8.42 Å². The van der Waals surface area contributed by atoms with Crippen LogP contribution >= 0.6 is 23.1 Å². The molecule has 0 aromatic carbocycles. The number of nitrogens with one attached hydrogen (secondary N) is 1. The fourth-order valence-corrected chi connectivity index (χ4v) is 5.67. The predicted octanol–water partition coefficient (Wildman–Crippen LogP) is 2.67. The summed E-state index contributed by atoms with van der Waals surface area (Å²) in [7, 11) is -3.41. The van der Waals surface area contributed by atoms with Gasteiger partial charge in [-0.1, -0.05) is 19.3 Å². The zero-order valence-corrected chi connectivity index (χ0v) is 13.5. The topological polar surface area (TPSA) is 72.2 Å². The number of thiophene rings is 1. The number of anilines is 1. The minimum Gasteiger partial charge on any atom is -0.398 e. The number of sulfonamides is 1. The van der Waals surface area contributed by atoms with Crippen molar-refractivity contribution in [2.75, 3.05) is 18.5 Å². The summed E-state index contributed by atoms with van der Waals surface area (Å²) in [6.45, 7) is 0.508. The van der Waals surface area contributed by atoms with Crippen molar-refractivity contribution >= 4 is 38.8 Å². The Labute approximate surface area is 123 Å². The molecule has 1 saturated carbocycles. The van der Waals surface area contributed by atoms with Gasteiger partial charge in [0.1, 0.15) is 4.21 Å². The van der Waals surface area contributed by atoms with E-state index in [1.54, 1.807) is 17.1 Å². The third-order valence-corrected chi connectivity index (χ3v) is 7.92. The lowest BCUT2D eigenvalue weighted by atomic mass is 9.88. The van der Waals surface area contributed by atoms with Crippen LogP contribution in [0.5, 0.6) is 0 Å². The Morgan fingerprint density at radius 1 is 1.42 bits per heavy atom. The van der Waals surface area contributed by atoms with E-state index in [2.05, 4.69) is 11.0 Å². The summed E-state index contributed by atoms with van der Waals surface area (Å²) in [6.07, 6.45) is 7.88. The molecule has 0 atom stereocenters. The predicted molar refractivity (Wildman–Crippen MR) is 83.3 cm³/mol. The van der Waals surface area contributed by atoms with Crippen molar-refractivity contribution in [3.63, 3.8) is 0 Å². The van der Waals surface area contributed by atoms with Gasteiger partial charge in [-0.05, 0) is 25.2 Å². The molecule has 1 heterocycles. The molecular weight excluding hydrogens is 300 g/mol.